The largest absolute Gasteiger partial charge is 0.497 e. The Kier molecular flexibility index (Phi) is 5.16. The summed E-state index contributed by atoms with van der Waals surface area (Å²) in [4.78, 5) is 12.0. The number of ether oxygens (including phenoxy) is 1. The van der Waals surface area contributed by atoms with Gasteiger partial charge in [0.25, 0.3) is 5.91 Å². The maximum Gasteiger partial charge on any atom is 0.267 e. The minimum Gasteiger partial charge on any atom is -0.497 e. The summed E-state index contributed by atoms with van der Waals surface area (Å²) in [5.74, 6) is 0.270. The third-order valence-corrected chi connectivity index (χ3v) is 2.87. The fraction of sp³-hybridized carbons (Fsp3) is 0.0588. The van der Waals surface area contributed by atoms with E-state index in [2.05, 4.69) is 10.6 Å². The lowest BCUT2D eigenvalue weighted by Crippen LogP contribution is -2.14. The van der Waals surface area contributed by atoms with Crippen molar-refractivity contribution in [3.8, 4) is 11.8 Å². The molecule has 0 aromatic heterocycles. The van der Waals surface area contributed by atoms with Crippen LogP contribution in [0.3, 0.4) is 0 Å². The van der Waals surface area contributed by atoms with Gasteiger partial charge in [-0.2, -0.15) is 5.26 Å². The van der Waals surface area contributed by atoms with Gasteiger partial charge in [0.2, 0.25) is 0 Å². The van der Waals surface area contributed by atoms with E-state index in [-0.39, 0.29) is 5.57 Å². The monoisotopic (exact) mass is 293 g/mol. The number of nitriles is 1. The average Bonchev–Trinajstić information content (AvgIpc) is 2.57. The van der Waals surface area contributed by atoms with Gasteiger partial charge in [-0.05, 0) is 36.4 Å². The molecule has 0 saturated heterocycles. The van der Waals surface area contributed by atoms with E-state index in [4.69, 9.17) is 10.00 Å². The van der Waals surface area contributed by atoms with Crippen LogP contribution in [0.25, 0.3) is 0 Å². The van der Waals surface area contributed by atoms with Crippen molar-refractivity contribution in [2.24, 2.45) is 0 Å². The van der Waals surface area contributed by atoms with Crippen LogP contribution in [0.5, 0.6) is 5.75 Å². The Morgan fingerprint density at radius 1 is 1.09 bits per heavy atom. The molecule has 2 rings (SSSR count). The van der Waals surface area contributed by atoms with Gasteiger partial charge in [0.05, 0.1) is 7.11 Å². The Labute approximate surface area is 128 Å². The van der Waals surface area contributed by atoms with E-state index in [1.54, 1.807) is 55.6 Å². The first-order valence-electron chi connectivity index (χ1n) is 6.60. The van der Waals surface area contributed by atoms with Gasteiger partial charge in [-0.15, -0.1) is 0 Å². The summed E-state index contributed by atoms with van der Waals surface area (Å²) in [7, 11) is 1.59. The van der Waals surface area contributed by atoms with Gasteiger partial charge < -0.3 is 15.4 Å². The van der Waals surface area contributed by atoms with E-state index >= 15 is 0 Å². The van der Waals surface area contributed by atoms with Gasteiger partial charge >= 0.3 is 0 Å². The molecule has 1 amide bonds. The van der Waals surface area contributed by atoms with Gasteiger partial charge in [-0.25, -0.2) is 0 Å². The molecule has 5 heteroatoms. The van der Waals surface area contributed by atoms with Crippen LogP contribution in [0.4, 0.5) is 11.4 Å². The van der Waals surface area contributed by atoms with Crippen LogP contribution in [-0.4, -0.2) is 13.0 Å². The number of carbonyl (C=O) groups excluding carboxylic acids is 1. The molecule has 0 radical (unpaired) electrons. The molecule has 2 aromatic rings. The number of amides is 1. The molecular formula is C17H15N3O2. The normalized spacial score (nSPS) is 10.5. The summed E-state index contributed by atoms with van der Waals surface area (Å²) in [5, 5.41) is 14.7. The average molecular weight is 293 g/mol. The molecule has 0 aliphatic rings. The van der Waals surface area contributed by atoms with Gasteiger partial charge in [-0.3, -0.25) is 4.79 Å². The second kappa shape index (κ2) is 7.50. The second-order valence-corrected chi connectivity index (χ2v) is 4.36. The van der Waals surface area contributed by atoms with E-state index in [1.807, 2.05) is 12.1 Å². The van der Waals surface area contributed by atoms with Gasteiger partial charge in [0, 0.05) is 17.6 Å². The Morgan fingerprint density at radius 3 is 2.36 bits per heavy atom. The molecule has 110 valence electrons. The van der Waals surface area contributed by atoms with Crippen LogP contribution in [0.1, 0.15) is 0 Å². The third kappa shape index (κ3) is 4.12. The van der Waals surface area contributed by atoms with Crippen molar-refractivity contribution < 1.29 is 9.53 Å². The molecular weight excluding hydrogens is 278 g/mol. The number of hydrogen-bond acceptors (Lipinski definition) is 4. The van der Waals surface area contributed by atoms with E-state index in [0.29, 0.717) is 5.69 Å². The van der Waals surface area contributed by atoms with Gasteiger partial charge in [-0.1, -0.05) is 18.2 Å². The zero-order valence-electron chi connectivity index (χ0n) is 12.0. The fourth-order valence-electron chi connectivity index (χ4n) is 1.71. The van der Waals surface area contributed by atoms with Crippen LogP contribution in [0.2, 0.25) is 0 Å². The zero-order chi connectivity index (χ0) is 15.8. The molecule has 0 spiro atoms. The first kappa shape index (κ1) is 15.1. The number of para-hydroxylation sites is 1. The molecule has 0 heterocycles. The predicted octanol–water partition coefficient (Wildman–Crippen LogP) is 3.15. The van der Waals surface area contributed by atoms with Crippen LogP contribution in [0, 0.1) is 11.3 Å². The van der Waals surface area contributed by atoms with Crippen molar-refractivity contribution in [3.05, 3.63) is 66.4 Å². The quantitative estimate of drug-likeness (QED) is 0.656. The summed E-state index contributed by atoms with van der Waals surface area (Å²) in [6, 6.07) is 18.0. The second-order valence-electron chi connectivity index (χ2n) is 4.36. The van der Waals surface area contributed by atoms with Crippen molar-refractivity contribution in [1.82, 2.24) is 0 Å². The highest BCUT2D eigenvalue weighted by molar-refractivity contribution is 6.06. The highest BCUT2D eigenvalue weighted by atomic mass is 16.5. The number of nitrogens with zero attached hydrogens (tertiary/aromatic N) is 1. The lowest BCUT2D eigenvalue weighted by molar-refractivity contribution is -0.112. The first-order valence-corrected chi connectivity index (χ1v) is 6.60. The molecule has 2 N–H and O–H groups in total. The molecule has 0 atom stereocenters. The number of rotatable bonds is 5. The predicted molar refractivity (Wildman–Crippen MR) is 85.4 cm³/mol. The third-order valence-electron chi connectivity index (χ3n) is 2.87. The zero-order valence-corrected chi connectivity index (χ0v) is 12.0. The number of carbonyl (C=O) groups is 1. The molecule has 0 aliphatic heterocycles. The number of benzene rings is 2. The van der Waals surface area contributed by atoms with Gasteiger partial charge in [0.15, 0.2) is 0 Å². The number of hydrogen-bond donors (Lipinski definition) is 2. The molecule has 0 unspecified atom stereocenters. The summed E-state index contributed by atoms with van der Waals surface area (Å²) in [5.41, 5.74) is 1.37. The smallest absolute Gasteiger partial charge is 0.267 e. The van der Waals surface area contributed by atoms with E-state index in [9.17, 15) is 4.79 Å². The molecule has 5 nitrogen and oxygen atoms in total. The lowest BCUT2D eigenvalue weighted by atomic mass is 10.2. The molecule has 2 aromatic carbocycles. The number of anilines is 2. The number of methoxy groups -OCH3 is 1. The Hall–Kier alpha value is -3.26. The first-order chi connectivity index (χ1) is 10.7. The highest BCUT2D eigenvalue weighted by Crippen LogP contribution is 2.15. The Bertz CT molecular complexity index is 701. The van der Waals surface area contributed by atoms with Crippen molar-refractivity contribution in [2.45, 2.75) is 0 Å². The Balaban J connectivity index is 2.03. The minimum absolute atomic E-state index is 0.0142. The van der Waals surface area contributed by atoms with E-state index in [0.717, 1.165) is 11.4 Å². The van der Waals surface area contributed by atoms with Crippen LogP contribution in [-0.2, 0) is 4.79 Å². The summed E-state index contributed by atoms with van der Waals surface area (Å²) >= 11 is 0. The van der Waals surface area contributed by atoms with E-state index in [1.165, 1.54) is 6.20 Å². The van der Waals surface area contributed by atoms with Crippen LogP contribution >= 0.6 is 0 Å². The maximum atomic E-state index is 12.0. The molecule has 22 heavy (non-hydrogen) atoms. The summed E-state index contributed by atoms with van der Waals surface area (Å²) < 4.78 is 5.06. The van der Waals surface area contributed by atoms with Crippen molar-refractivity contribution in [1.29, 1.82) is 5.26 Å². The van der Waals surface area contributed by atoms with Crippen molar-refractivity contribution in [2.75, 3.05) is 17.7 Å². The Morgan fingerprint density at radius 2 is 1.77 bits per heavy atom. The number of nitrogens with one attached hydrogen (secondary N) is 2. The molecule has 0 saturated carbocycles. The maximum absolute atomic E-state index is 12.0. The SMILES string of the molecule is COc1ccc(NC=C(C#N)C(=O)Nc2ccccc2)cc1. The highest BCUT2D eigenvalue weighted by Gasteiger charge is 2.08. The fourth-order valence-corrected chi connectivity index (χ4v) is 1.71. The lowest BCUT2D eigenvalue weighted by Gasteiger charge is -2.05. The molecule has 0 bridgehead atoms. The molecule has 0 fully saturated rings. The topological polar surface area (TPSA) is 74.1 Å². The molecule has 0 aliphatic carbocycles. The van der Waals surface area contributed by atoms with Crippen LogP contribution in [0.15, 0.2) is 66.4 Å². The van der Waals surface area contributed by atoms with Crippen molar-refractivity contribution in [3.63, 3.8) is 0 Å². The van der Waals surface area contributed by atoms with Crippen LogP contribution < -0.4 is 15.4 Å². The van der Waals surface area contributed by atoms with Crippen molar-refractivity contribution >= 4 is 17.3 Å². The summed E-state index contributed by atoms with van der Waals surface area (Å²) in [6.45, 7) is 0. The summed E-state index contributed by atoms with van der Waals surface area (Å²) in [6.07, 6.45) is 1.38. The standard InChI is InChI=1S/C17H15N3O2/c1-22-16-9-7-14(8-10-16)19-12-13(11-18)17(21)20-15-5-3-2-4-6-15/h2-10,12,19H,1H3,(H,20,21). The van der Waals surface area contributed by atoms with E-state index < -0.39 is 5.91 Å². The minimum atomic E-state index is -0.463. The van der Waals surface area contributed by atoms with Gasteiger partial charge in [0.1, 0.15) is 17.4 Å².